The van der Waals surface area contributed by atoms with E-state index < -0.39 is 6.36 Å². The number of pyridine rings is 2. The van der Waals surface area contributed by atoms with Gasteiger partial charge in [0.1, 0.15) is 11.5 Å². The zero-order valence-corrected chi connectivity index (χ0v) is 15.5. The third kappa shape index (κ3) is 5.57. The highest BCUT2D eigenvalue weighted by Crippen LogP contribution is 2.27. The summed E-state index contributed by atoms with van der Waals surface area (Å²) in [5.41, 5.74) is 0.936. The van der Waals surface area contributed by atoms with Crippen molar-refractivity contribution in [3.8, 4) is 17.4 Å². The van der Waals surface area contributed by atoms with Crippen LogP contribution in [0.2, 0.25) is 0 Å². The van der Waals surface area contributed by atoms with Gasteiger partial charge in [-0.1, -0.05) is 6.08 Å². The molecule has 2 aromatic heterocycles. The first-order chi connectivity index (χ1) is 14.4. The minimum absolute atomic E-state index is 0.174. The van der Waals surface area contributed by atoms with E-state index in [0.29, 0.717) is 11.3 Å². The standard InChI is InChI=1S/C21H16F3N3O3/c1-2-12-27(16-4-3-11-25-14-16)20(28)15-5-10-19(26-13-15)29-17-6-8-18(9-7-17)30-21(22,23)24/h2-11,13-14H,1,12H2. The number of benzene rings is 1. The molecule has 2 heterocycles. The van der Waals surface area contributed by atoms with E-state index in [-0.39, 0.29) is 29.8 Å². The summed E-state index contributed by atoms with van der Waals surface area (Å²) in [7, 11) is 0. The summed E-state index contributed by atoms with van der Waals surface area (Å²) in [6.45, 7) is 3.95. The maximum absolute atomic E-state index is 12.8. The van der Waals surface area contributed by atoms with Crippen molar-refractivity contribution in [2.24, 2.45) is 0 Å². The number of nitrogens with zero attached hydrogens (tertiary/aromatic N) is 3. The van der Waals surface area contributed by atoms with Crippen LogP contribution in [-0.4, -0.2) is 28.8 Å². The van der Waals surface area contributed by atoms with Gasteiger partial charge in [0.05, 0.1) is 17.4 Å². The molecule has 0 aliphatic heterocycles. The first kappa shape index (κ1) is 20.8. The summed E-state index contributed by atoms with van der Waals surface area (Å²) in [4.78, 5) is 22.4. The Morgan fingerprint density at radius 3 is 2.37 bits per heavy atom. The highest BCUT2D eigenvalue weighted by molar-refractivity contribution is 6.06. The summed E-state index contributed by atoms with van der Waals surface area (Å²) in [6, 6.07) is 11.4. The predicted molar refractivity (Wildman–Crippen MR) is 104 cm³/mol. The quantitative estimate of drug-likeness (QED) is 0.508. The van der Waals surface area contributed by atoms with Crippen LogP contribution in [0, 0.1) is 0 Å². The lowest BCUT2D eigenvalue weighted by Gasteiger charge is -2.20. The Balaban J connectivity index is 1.69. The molecule has 0 N–H and O–H groups in total. The number of anilines is 1. The molecule has 0 bridgehead atoms. The molecular weight excluding hydrogens is 399 g/mol. The predicted octanol–water partition coefficient (Wildman–Crippen LogP) is 5.00. The van der Waals surface area contributed by atoms with Gasteiger partial charge in [-0.25, -0.2) is 4.98 Å². The maximum atomic E-state index is 12.8. The second kappa shape index (κ2) is 9.08. The van der Waals surface area contributed by atoms with Crippen molar-refractivity contribution in [3.63, 3.8) is 0 Å². The smallest absolute Gasteiger partial charge is 0.439 e. The zero-order chi connectivity index (χ0) is 21.6. The van der Waals surface area contributed by atoms with E-state index in [1.807, 2.05) is 0 Å². The minimum Gasteiger partial charge on any atom is -0.439 e. The number of amides is 1. The van der Waals surface area contributed by atoms with E-state index in [1.165, 1.54) is 35.4 Å². The zero-order valence-electron chi connectivity index (χ0n) is 15.5. The van der Waals surface area contributed by atoms with Crippen LogP contribution >= 0.6 is 0 Å². The molecule has 6 nitrogen and oxygen atoms in total. The molecule has 0 saturated carbocycles. The third-order valence-corrected chi connectivity index (χ3v) is 3.78. The fraction of sp³-hybridized carbons (Fsp3) is 0.0952. The molecule has 0 unspecified atom stereocenters. The summed E-state index contributed by atoms with van der Waals surface area (Å²) in [5.74, 6) is -0.218. The largest absolute Gasteiger partial charge is 0.573 e. The molecule has 1 aromatic carbocycles. The van der Waals surface area contributed by atoms with Crippen LogP contribution in [0.4, 0.5) is 18.9 Å². The molecule has 0 atom stereocenters. The second-order valence-electron chi connectivity index (χ2n) is 5.92. The van der Waals surface area contributed by atoms with Gasteiger partial charge >= 0.3 is 6.36 Å². The maximum Gasteiger partial charge on any atom is 0.573 e. The van der Waals surface area contributed by atoms with E-state index >= 15 is 0 Å². The number of ether oxygens (including phenoxy) is 2. The van der Waals surface area contributed by atoms with E-state index in [1.54, 1.807) is 30.6 Å². The van der Waals surface area contributed by atoms with Gasteiger partial charge in [-0.05, 0) is 42.5 Å². The average Bonchev–Trinajstić information content (AvgIpc) is 2.73. The molecule has 1 amide bonds. The van der Waals surface area contributed by atoms with Gasteiger partial charge in [-0.2, -0.15) is 0 Å². The number of alkyl halides is 3. The fourth-order valence-electron chi connectivity index (χ4n) is 2.50. The van der Waals surface area contributed by atoms with Crippen LogP contribution in [0.15, 0.2) is 79.8 Å². The van der Waals surface area contributed by atoms with Gasteiger partial charge in [0.2, 0.25) is 5.88 Å². The van der Waals surface area contributed by atoms with Crippen LogP contribution in [0.5, 0.6) is 17.4 Å². The number of hydrogen-bond acceptors (Lipinski definition) is 5. The molecule has 0 fully saturated rings. The molecule has 0 aliphatic carbocycles. The molecule has 0 radical (unpaired) electrons. The first-order valence-corrected chi connectivity index (χ1v) is 8.68. The number of halogens is 3. The Kier molecular flexibility index (Phi) is 6.31. The van der Waals surface area contributed by atoms with Crippen molar-refractivity contribution in [1.82, 2.24) is 9.97 Å². The number of hydrogen-bond donors (Lipinski definition) is 0. The van der Waals surface area contributed by atoms with Gasteiger partial charge in [-0.15, -0.1) is 19.8 Å². The SMILES string of the molecule is C=CCN(C(=O)c1ccc(Oc2ccc(OC(F)(F)F)cc2)nc1)c1cccnc1. The molecule has 0 saturated heterocycles. The average molecular weight is 415 g/mol. The number of carbonyl (C=O) groups is 1. The Labute approximate surface area is 170 Å². The lowest BCUT2D eigenvalue weighted by atomic mass is 10.2. The van der Waals surface area contributed by atoms with Gasteiger partial charge in [0, 0.05) is 25.0 Å². The topological polar surface area (TPSA) is 64.6 Å². The molecule has 3 rings (SSSR count). The second-order valence-corrected chi connectivity index (χ2v) is 5.92. The highest BCUT2D eigenvalue weighted by atomic mass is 19.4. The lowest BCUT2D eigenvalue weighted by molar-refractivity contribution is -0.274. The normalized spacial score (nSPS) is 10.9. The van der Waals surface area contributed by atoms with E-state index in [4.69, 9.17) is 4.74 Å². The number of rotatable bonds is 7. The van der Waals surface area contributed by atoms with Crippen molar-refractivity contribution in [3.05, 3.63) is 85.3 Å². The summed E-state index contributed by atoms with van der Waals surface area (Å²) >= 11 is 0. The number of carbonyl (C=O) groups excluding carboxylic acids is 1. The summed E-state index contributed by atoms with van der Waals surface area (Å²) < 4.78 is 45.9. The molecule has 0 aliphatic rings. The third-order valence-electron chi connectivity index (χ3n) is 3.78. The van der Waals surface area contributed by atoms with Crippen LogP contribution in [-0.2, 0) is 0 Å². The monoisotopic (exact) mass is 415 g/mol. The Morgan fingerprint density at radius 1 is 1.07 bits per heavy atom. The van der Waals surface area contributed by atoms with Crippen molar-refractivity contribution >= 4 is 11.6 Å². The highest BCUT2D eigenvalue weighted by Gasteiger charge is 2.31. The van der Waals surface area contributed by atoms with Crippen molar-refractivity contribution < 1.29 is 27.4 Å². The Bertz CT molecular complexity index is 992. The molecular formula is C21H16F3N3O3. The van der Waals surface area contributed by atoms with E-state index in [0.717, 1.165) is 12.1 Å². The van der Waals surface area contributed by atoms with Crippen LogP contribution in [0.1, 0.15) is 10.4 Å². The molecule has 9 heteroatoms. The van der Waals surface area contributed by atoms with Crippen LogP contribution in [0.3, 0.4) is 0 Å². The van der Waals surface area contributed by atoms with Gasteiger partial charge < -0.3 is 14.4 Å². The van der Waals surface area contributed by atoms with Crippen molar-refractivity contribution in [2.45, 2.75) is 6.36 Å². The van der Waals surface area contributed by atoms with E-state index in [2.05, 4.69) is 21.3 Å². The van der Waals surface area contributed by atoms with Gasteiger partial charge in [-0.3, -0.25) is 9.78 Å². The molecule has 3 aromatic rings. The molecule has 0 spiro atoms. The van der Waals surface area contributed by atoms with Gasteiger partial charge in [0.15, 0.2) is 0 Å². The fourth-order valence-corrected chi connectivity index (χ4v) is 2.50. The summed E-state index contributed by atoms with van der Waals surface area (Å²) in [6.07, 6.45) is 1.36. The van der Waals surface area contributed by atoms with Crippen molar-refractivity contribution in [1.29, 1.82) is 0 Å². The number of aromatic nitrogens is 2. The van der Waals surface area contributed by atoms with Crippen LogP contribution < -0.4 is 14.4 Å². The first-order valence-electron chi connectivity index (χ1n) is 8.68. The van der Waals surface area contributed by atoms with E-state index in [9.17, 15) is 18.0 Å². The minimum atomic E-state index is -4.76. The Morgan fingerprint density at radius 2 is 1.80 bits per heavy atom. The van der Waals surface area contributed by atoms with Gasteiger partial charge in [0.25, 0.3) is 5.91 Å². The van der Waals surface area contributed by atoms with Crippen molar-refractivity contribution in [2.75, 3.05) is 11.4 Å². The Hall–Kier alpha value is -3.88. The van der Waals surface area contributed by atoms with Crippen LogP contribution in [0.25, 0.3) is 0 Å². The molecule has 154 valence electrons. The lowest BCUT2D eigenvalue weighted by Crippen LogP contribution is -2.31. The summed E-state index contributed by atoms with van der Waals surface area (Å²) in [5, 5.41) is 0. The molecule has 30 heavy (non-hydrogen) atoms.